The maximum atomic E-state index is 13.6. The van der Waals surface area contributed by atoms with Crippen molar-refractivity contribution in [3.8, 4) is 0 Å². The third-order valence-electron chi connectivity index (χ3n) is 4.85. The van der Waals surface area contributed by atoms with E-state index < -0.39 is 21.9 Å². The molecule has 0 bridgehead atoms. The summed E-state index contributed by atoms with van der Waals surface area (Å²) in [5.41, 5.74) is 2.74. The van der Waals surface area contributed by atoms with E-state index in [1.807, 2.05) is 31.2 Å². The SMILES string of the molecule is Cc1ccc(NC(=O)CN2CCCN(Cc3ccccc3C)S2(=O)=O)cc1F. The van der Waals surface area contributed by atoms with Crippen molar-refractivity contribution in [1.29, 1.82) is 0 Å². The average molecular weight is 405 g/mol. The number of carbonyl (C=O) groups is 1. The number of nitrogens with zero attached hydrogens (tertiary/aromatic N) is 2. The van der Waals surface area contributed by atoms with Gasteiger partial charge in [-0.2, -0.15) is 17.0 Å². The highest BCUT2D eigenvalue weighted by molar-refractivity contribution is 7.86. The van der Waals surface area contributed by atoms with Gasteiger partial charge in [-0.15, -0.1) is 0 Å². The van der Waals surface area contributed by atoms with Crippen LogP contribution in [0.25, 0.3) is 0 Å². The van der Waals surface area contributed by atoms with Crippen LogP contribution in [-0.4, -0.2) is 42.6 Å². The highest BCUT2D eigenvalue weighted by Crippen LogP contribution is 2.21. The van der Waals surface area contributed by atoms with Gasteiger partial charge in [0.05, 0.1) is 6.54 Å². The molecule has 8 heteroatoms. The summed E-state index contributed by atoms with van der Waals surface area (Å²) in [5.74, 6) is -0.919. The lowest BCUT2D eigenvalue weighted by Crippen LogP contribution is -2.51. The minimum atomic E-state index is -3.75. The highest BCUT2D eigenvalue weighted by Gasteiger charge is 2.34. The number of amides is 1. The van der Waals surface area contributed by atoms with Crippen LogP contribution in [0.5, 0.6) is 0 Å². The first-order valence-corrected chi connectivity index (χ1v) is 10.5. The van der Waals surface area contributed by atoms with E-state index in [0.717, 1.165) is 11.1 Å². The second-order valence-corrected chi connectivity index (χ2v) is 8.90. The largest absolute Gasteiger partial charge is 0.325 e. The van der Waals surface area contributed by atoms with Crippen molar-refractivity contribution in [1.82, 2.24) is 8.61 Å². The number of nitrogens with one attached hydrogen (secondary N) is 1. The number of hydrogen-bond donors (Lipinski definition) is 1. The summed E-state index contributed by atoms with van der Waals surface area (Å²) in [4.78, 5) is 12.3. The molecule has 0 aliphatic carbocycles. The van der Waals surface area contributed by atoms with E-state index in [2.05, 4.69) is 5.32 Å². The predicted molar refractivity (Wildman–Crippen MR) is 106 cm³/mol. The van der Waals surface area contributed by atoms with Crippen LogP contribution >= 0.6 is 0 Å². The molecule has 150 valence electrons. The van der Waals surface area contributed by atoms with Gasteiger partial charge in [-0.25, -0.2) is 4.39 Å². The van der Waals surface area contributed by atoms with Gasteiger partial charge >= 0.3 is 0 Å². The normalized spacial score (nSPS) is 17.4. The van der Waals surface area contributed by atoms with Crippen molar-refractivity contribution in [2.24, 2.45) is 0 Å². The highest BCUT2D eigenvalue weighted by atomic mass is 32.2. The summed E-state index contributed by atoms with van der Waals surface area (Å²) < 4.78 is 42.1. The fourth-order valence-electron chi connectivity index (χ4n) is 3.15. The van der Waals surface area contributed by atoms with Crippen LogP contribution in [0.4, 0.5) is 10.1 Å². The maximum Gasteiger partial charge on any atom is 0.282 e. The van der Waals surface area contributed by atoms with Gasteiger partial charge in [-0.3, -0.25) is 4.79 Å². The number of rotatable bonds is 5. The van der Waals surface area contributed by atoms with Crippen LogP contribution in [0.3, 0.4) is 0 Å². The van der Waals surface area contributed by atoms with Gasteiger partial charge < -0.3 is 5.32 Å². The van der Waals surface area contributed by atoms with Crippen LogP contribution in [-0.2, 0) is 21.5 Å². The van der Waals surface area contributed by atoms with Crippen LogP contribution in [0.15, 0.2) is 42.5 Å². The smallest absolute Gasteiger partial charge is 0.282 e. The van der Waals surface area contributed by atoms with Gasteiger partial charge in [0.2, 0.25) is 5.91 Å². The van der Waals surface area contributed by atoms with E-state index in [0.29, 0.717) is 24.2 Å². The van der Waals surface area contributed by atoms with E-state index in [4.69, 9.17) is 0 Å². The molecule has 0 radical (unpaired) electrons. The summed E-state index contributed by atoms with van der Waals surface area (Å²) in [5, 5.41) is 2.57. The van der Waals surface area contributed by atoms with Gasteiger partial charge in [0.1, 0.15) is 5.82 Å². The Balaban J connectivity index is 1.68. The first-order valence-electron chi connectivity index (χ1n) is 9.13. The van der Waals surface area contributed by atoms with Crippen molar-refractivity contribution >= 4 is 21.8 Å². The Morgan fingerprint density at radius 3 is 2.50 bits per heavy atom. The molecule has 0 spiro atoms. The quantitative estimate of drug-likeness (QED) is 0.832. The van der Waals surface area contributed by atoms with Crippen LogP contribution in [0.1, 0.15) is 23.1 Å². The Labute approximate surface area is 165 Å². The van der Waals surface area contributed by atoms with E-state index in [1.54, 1.807) is 19.1 Å². The first-order chi connectivity index (χ1) is 13.3. The molecule has 0 aromatic heterocycles. The lowest BCUT2D eigenvalue weighted by molar-refractivity contribution is -0.116. The van der Waals surface area contributed by atoms with E-state index >= 15 is 0 Å². The molecule has 1 fully saturated rings. The molecular weight excluding hydrogens is 381 g/mol. The fourth-order valence-corrected chi connectivity index (χ4v) is 4.78. The molecule has 1 saturated heterocycles. The molecule has 1 aliphatic heterocycles. The fraction of sp³-hybridized carbons (Fsp3) is 0.350. The molecule has 1 heterocycles. The summed E-state index contributed by atoms with van der Waals surface area (Å²) in [7, 11) is -3.75. The van der Waals surface area contributed by atoms with Gasteiger partial charge in [0.15, 0.2) is 0 Å². The number of carbonyl (C=O) groups excluding carboxylic acids is 1. The molecule has 0 atom stereocenters. The molecule has 2 aromatic rings. The first kappa shape index (κ1) is 20.4. The van der Waals surface area contributed by atoms with Gasteiger partial charge in [-0.1, -0.05) is 30.3 Å². The topological polar surface area (TPSA) is 69.7 Å². The number of benzene rings is 2. The van der Waals surface area contributed by atoms with Crippen LogP contribution in [0, 0.1) is 19.7 Å². The molecule has 6 nitrogen and oxygen atoms in total. The van der Waals surface area contributed by atoms with Gasteiger partial charge in [-0.05, 0) is 49.1 Å². The molecule has 28 heavy (non-hydrogen) atoms. The van der Waals surface area contributed by atoms with Crippen LogP contribution < -0.4 is 5.32 Å². The molecule has 1 amide bonds. The van der Waals surface area contributed by atoms with E-state index in [9.17, 15) is 17.6 Å². The summed E-state index contributed by atoms with van der Waals surface area (Å²) in [6, 6.07) is 12.0. The third kappa shape index (κ3) is 4.57. The molecule has 0 saturated carbocycles. The Bertz CT molecular complexity index is 978. The number of hydrogen-bond acceptors (Lipinski definition) is 3. The summed E-state index contributed by atoms with van der Waals surface area (Å²) in [6.07, 6.45) is 0.636. The second kappa shape index (κ2) is 8.38. The van der Waals surface area contributed by atoms with Gasteiger partial charge in [0.25, 0.3) is 10.2 Å². The zero-order valence-electron chi connectivity index (χ0n) is 16.0. The standard InChI is InChI=1S/C20H24FN3O3S/c1-15-6-3-4-7-17(15)13-23-10-5-11-24(28(23,26)27)14-20(25)22-18-9-8-16(2)19(21)12-18/h3-4,6-9,12H,5,10-11,13-14H2,1-2H3,(H,22,25). The van der Waals surface area contributed by atoms with Crippen molar-refractivity contribution < 1.29 is 17.6 Å². The molecule has 1 N–H and O–H groups in total. The minimum Gasteiger partial charge on any atom is -0.325 e. The second-order valence-electron chi connectivity index (χ2n) is 6.97. The Morgan fingerprint density at radius 2 is 1.79 bits per heavy atom. The zero-order chi connectivity index (χ0) is 20.3. The van der Waals surface area contributed by atoms with Crippen molar-refractivity contribution in [3.05, 3.63) is 65.0 Å². The summed E-state index contributed by atoms with van der Waals surface area (Å²) >= 11 is 0. The Hall–Kier alpha value is -2.29. The third-order valence-corrected chi connectivity index (χ3v) is 6.78. The van der Waals surface area contributed by atoms with Crippen molar-refractivity contribution in [3.63, 3.8) is 0 Å². The minimum absolute atomic E-state index is 0.274. The molecule has 0 unspecified atom stereocenters. The average Bonchev–Trinajstić information content (AvgIpc) is 2.63. The molecular formula is C20H24FN3O3S. The van der Waals surface area contributed by atoms with E-state index in [1.165, 1.54) is 14.7 Å². The predicted octanol–water partition coefficient (Wildman–Crippen LogP) is 2.83. The van der Waals surface area contributed by atoms with Crippen LogP contribution in [0.2, 0.25) is 0 Å². The Morgan fingerprint density at radius 1 is 1.07 bits per heavy atom. The van der Waals surface area contributed by atoms with E-state index in [-0.39, 0.29) is 19.6 Å². The zero-order valence-corrected chi connectivity index (χ0v) is 16.8. The number of aryl methyl sites for hydroxylation is 2. The summed E-state index contributed by atoms with van der Waals surface area (Å²) in [6.45, 7) is 4.24. The molecule has 1 aliphatic rings. The molecule has 3 rings (SSSR count). The number of anilines is 1. The maximum absolute atomic E-state index is 13.6. The van der Waals surface area contributed by atoms with Crippen molar-refractivity contribution in [2.75, 3.05) is 25.0 Å². The number of halogens is 1. The van der Waals surface area contributed by atoms with Gasteiger partial charge in [0, 0.05) is 25.3 Å². The lowest BCUT2D eigenvalue weighted by atomic mass is 10.1. The lowest BCUT2D eigenvalue weighted by Gasteiger charge is -2.34. The monoisotopic (exact) mass is 405 g/mol. The van der Waals surface area contributed by atoms with Crippen molar-refractivity contribution in [2.45, 2.75) is 26.8 Å². The Kier molecular flexibility index (Phi) is 6.12. The molecule has 2 aromatic carbocycles.